The van der Waals surface area contributed by atoms with E-state index in [4.69, 9.17) is 0 Å². The Morgan fingerprint density at radius 3 is 2.79 bits per heavy atom. The summed E-state index contributed by atoms with van der Waals surface area (Å²) in [6.45, 7) is 4.84. The van der Waals surface area contributed by atoms with Crippen molar-refractivity contribution in [2.75, 3.05) is 11.9 Å². The fourth-order valence-corrected chi connectivity index (χ4v) is 3.24. The highest BCUT2D eigenvalue weighted by Crippen LogP contribution is 2.20. The predicted octanol–water partition coefficient (Wildman–Crippen LogP) is 1.39. The van der Waals surface area contributed by atoms with Gasteiger partial charge in [0, 0.05) is 43.6 Å². The first kappa shape index (κ1) is 19.6. The Bertz CT molecular complexity index is 847. The monoisotopic (exact) mass is 383 g/mol. The number of likely N-dealkylation sites (tertiary alicyclic amines) is 1. The summed E-state index contributed by atoms with van der Waals surface area (Å²) in [5, 5.41) is 9.72. The molecule has 148 valence electrons. The molecular weight excluding hydrogens is 358 g/mol. The minimum absolute atomic E-state index is 0.0250. The summed E-state index contributed by atoms with van der Waals surface area (Å²) in [4.78, 5) is 38.2. The maximum atomic E-state index is 12.4. The highest BCUT2D eigenvalue weighted by atomic mass is 16.2. The highest BCUT2D eigenvalue weighted by molar-refractivity contribution is 5.91. The van der Waals surface area contributed by atoms with Gasteiger partial charge in [0.2, 0.25) is 17.7 Å². The molecule has 2 aromatic rings. The molecule has 1 saturated heterocycles. The van der Waals surface area contributed by atoms with Gasteiger partial charge in [-0.2, -0.15) is 5.10 Å². The molecule has 1 unspecified atom stereocenters. The average Bonchev–Trinajstić information content (AvgIpc) is 3.29. The average molecular weight is 383 g/mol. The number of hydrogen-bond donors (Lipinski definition) is 2. The van der Waals surface area contributed by atoms with Gasteiger partial charge in [0.15, 0.2) is 0 Å². The Balaban J connectivity index is 1.51. The van der Waals surface area contributed by atoms with E-state index < -0.39 is 0 Å². The Kier molecular flexibility index (Phi) is 6.08. The van der Waals surface area contributed by atoms with Crippen LogP contribution in [-0.2, 0) is 27.5 Å². The van der Waals surface area contributed by atoms with E-state index in [1.54, 1.807) is 34.1 Å². The van der Waals surface area contributed by atoms with Crippen molar-refractivity contribution in [2.45, 2.75) is 39.4 Å². The smallest absolute Gasteiger partial charge is 0.246 e. The fourth-order valence-electron chi connectivity index (χ4n) is 3.24. The van der Waals surface area contributed by atoms with Crippen molar-refractivity contribution < 1.29 is 14.4 Å². The van der Waals surface area contributed by atoms with Crippen LogP contribution >= 0.6 is 0 Å². The molecule has 0 spiro atoms. The summed E-state index contributed by atoms with van der Waals surface area (Å²) in [5.74, 6) is -0.586. The normalized spacial score (nSPS) is 16.5. The van der Waals surface area contributed by atoms with Crippen LogP contribution in [0.4, 0.5) is 5.69 Å². The molecule has 3 rings (SSSR count). The molecule has 8 nitrogen and oxygen atoms in total. The summed E-state index contributed by atoms with van der Waals surface area (Å²) < 4.78 is 1.54. The number of aromatic nitrogens is 2. The number of rotatable bonds is 7. The topological polar surface area (TPSA) is 96.3 Å². The van der Waals surface area contributed by atoms with Crippen molar-refractivity contribution in [1.29, 1.82) is 0 Å². The molecule has 8 heteroatoms. The van der Waals surface area contributed by atoms with Crippen LogP contribution in [0.2, 0.25) is 0 Å². The van der Waals surface area contributed by atoms with Crippen molar-refractivity contribution in [3.05, 3.63) is 48.3 Å². The third-order valence-corrected chi connectivity index (χ3v) is 4.69. The lowest BCUT2D eigenvalue weighted by Gasteiger charge is -2.20. The zero-order chi connectivity index (χ0) is 20.1. The van der Waals surface area contributed by atoms with Gasteiger partial charge in [-0.05, 0) is 37.6 Å². The first-order valence-electron chi connectivity index (χ1n) is 9.36. The summed E-state index contributed by atoms with van der Waals surface area (Å²) in [6, 6.07) is 9.18. The van der Waals surface area contributed by atoms with Gasteiger partial charge < -0.3 is 15.5 Å². The fraction of sp³-hybridized carbons (Fsp3) is 0.400. The Labute approximate surface area is 163 Å². The van der Waals surface area contributed by atoms with E-state index in [1.165, 1.54) is 0 Å². The van der Waals surface area contributed by atoms with Crippen LogP contribution in [0.3, 0.4) is 0 Å². The van der Waals surface area contributed by atoms with Gasteiger partial charge in [0.25, 0.3) is 0 Å². The molecule has 0 radical (unpaired) electrons. The van der Waals surface area contributed by atoms with Crippen molar-refractivity contribution in [3.63, 3.8) is 0 Å². The molecule has 1 aliphatic rings. The first-order valence-corrected chi connectivity index (χ1v) is 9.36. The van der Waals surface area contributed by atoms with Gasteiger partial charge in [0.05, 0.1) is 5.92 Å². The number of hydrogen-bond acceptors (Lipinski definition) is 4. The van der Waals surface area contributed by atoms with E-state index in [0.29, 0.717) is 18.8 Å². The van der Waals surface area contributed by atoms with Gasteiger partial charge in [-0.1, -0.05) is 12.1 Å². The van der Waals surface area contributed by atoms with Gasteiger partial charge in [-0.3, -0.25) is 19.1 Å². The molecule has 0 saturated carbocycles. The number of nitrogens with one attached hydrogen (secondary N) is 2. The first-order chi connectivity index (χ1) is 13.4. The second-order valence-electron chi connectivity index (χ2n) is 7.21. The lowest BCUT2D eigenvalue weighted by Crippen LogP contribution is -2.35. The molecule has 2 heterocycles. The summed E-state index contributed by atoms with van der Waals surface area (Å²) in [5.41, 5.74) is 1.53. The summed E-state index contributed by atoms with van der Waals surface area (Å²) in [6.07, 6.45) is 3.60. The van der Waals surface area contributed by atoms with E-state index in [1.807, 2.05) is 32.0 Å². The van der Waals surface area contributed by atoms with E-state index in [9.17, 15) is 14.4 Å². The number of anilines is 1. The molecule has 1 atom stereocenters. The molecular formula is C20H25N5O3. The van der Waals surface area contributed by atoms with Gasteiger partial charge >= 0.3 is 0 Å². The van der Waals surface area contributed by atoms with Gasteiger partial charge in [0.1, 0.15) is 6.54 Å². The number of carbonyl (C=O) groups is 3. The SMILES string of the molecule is CC(C)N1CC(C(=O)NCc2cccc(NC(=O)Cn3cccn3)c2)CC1=O. The molecule has 1 aromatic carbocycles. The largest absolute Gasteiger partial charge is 0.352 e. The molecule has 1 fully saturated rings. The summed E-state index contributed by atoms with van der Waals surface area (Å²) in [7, 11) is 0. The predicted molar refractivity (Wildman–Crippen MR) is 104 cm³/mol. The maximum Gasteiger partial charge on any atom is 0.246 e. The second kappa shape index (κ2) is 8.69. The van der Waals surface area contributed by atoms with Crippen molar-refractivity contribution in [1.82, 2.24) is 20.0 Å². The van der Waals surface area contributed by atoms with Crippen LogP contribution in [0.1, 0.15) is 25.8 Å². The second-order valence-corrected chi connectivity index (χ2v) is 7.21. The Morgan fingerprint density at radius 1 is 1.29 bits per heavy atom. The van der Waals surface area contributed by atoms with Crippen molar-refractivity contribution >= 4 is 23.4 Å². The molecule has 1 aliphatic heterocycles. The molecule has 3 amide bonds. The minimum atomic E-state index is -0.313. The molecule has 0 aliphatic carbocycles. The lowest BCUT2D eigenvalue weighted by molar-refractivity contribution is -0.130. The highest BCUT2D eigenvalue weighted by Gasteiger charge is 2.35. The summed E-state index contributed by atoms with van der Waals surface area (Å²) >= 11 is 0. The molecule has 0 bridgehead atoms. The number of nitrogens with zero attached hydrogens (tertiary/aromatic N) is 3. The van der Waals surface area contributed by atoms with E-state index >= 15 is 0 Å². The maximum absolute atomic E-state index is 12.4. The van der Waals surface area contributed by atoms with Gasteiger partial charge in [-0.25, -0.2) is 0 Å². The van der Waals surface area contributed by atoms with Crippen LogP contribution in [-0.4, -0.2) is 45.0 Å². The molecule has 28 heavy (non-hydrogen) atoms. The minimum Gasteiger partial charge on any atom is -0.352 e. The van der Waals surface area contributed by atoms with Crippen molar-refractivity contribution in [3.8, 4) is 0 Å². The number of amides is 3. The third-order valence-electron chi connectivity index (χ3n) is 4.69. The van der Waals surface area contributed by atoms with Crippen LogP contribution in [0, 0.1) is 5.92 Å². The zero-order valence-corrected chi connectivity index (χ0v) is 16.1. The molecule has 2 N–H and O–H groups in total. The van der Waals surface area contributed by atoms with Crippen LogP contribution in [0.5, 0.6) is 0 Å². The van der Waals surface area contributed by atoms with Crippen LogP contribution in [0.25, 0.3) is 0 Å². The van der Waals surface area contributed by atoms with Crippen LogP contribution < -0.4 is 10.6 Å². The Hall–Kier alpha value is -3.16. The zero-order valence-electron chi connectivity index (χ0n) is 16.1. The van der Waals surface area contributed by atoms with E-state index in [2.05, 4.69) is 15.7 Å². The third kappa shape index (κ3) is 4.97. The van der Waals surface area contributed by atoms with E-state index in [-0.39, 0.29) is 42.6 Å². The Morgan fingerprint density at radius 2 is 2.11 bits per heavy atom. The molecule has 1 aromatic heterocycles. The lowest BCUT2D eigenvalue weighted by atomic mass is 10.1. The standard InChI is InChI=1S/C20H25N5O3/c1-14(2)25-12-16(10-19(25)27)20(28)21-11-15-5-3-6-17(9-15)23-18(26)13-24-8-4-7-22-24/h3-9,14,16H,10-13H2,1-2H3,(H,21,28)(H,23,26). The van der Waals surface area contributed by atoms with Crippen LogP contribution in [0.15, 0.2) is 42.7 Å². The van der Waals surface area contributed by atoms with E-state index in [0.717, 1.165) is 5.56 Å². The number of benzene rings is 1. The number of carbonyl (C=O) groups excluding carboxylic acids is 3. The van der Waals surface area contributed by atoms with Gasteiger partial charge in [-0.15, -0.1) is 0 Å². The quantitative estimate of drug-likeness (QED) is 0.755. The van der Waals surface area contributed by atoms with Crippen molar-refractivity contribution in [2.24, 2.45) is 5.92 Å².